The van der Waals surface area contributed by atoms with Crippen molar-refractivity contribution in [1.29, 1.82) is 0 Å². The summed E-state index contributed by atoms with van der Waals surface area (Å²) in [6.07, 6.45) is -0.105. The van der Waals surface area contributed by atoms with E-state index in [-0.39, 0.29) is 18.4 Å². The number of hydrogen-bond donors (Lipinski definition) is 1. The van der Waals surface area contributed by atoms with Gasteiger partial charge in [-0.2, -0.15) is 0 Å². The zero-order valence-electron chi connectivity index (χ0n) is 9.69. The highest BCUT2D eigenvalue weighted by molar-refractivity contribution is 6.30. The Hall–Kier alpha value is -1.75. The molecule has 0 spiro atoms. The molecule has 1 aromatic rings. The van der Waals surface area contributed by atoms with Gasteiger partial charge in [-0.25, -0.2) is 4.79 Å². The van der Waals surface area contributed by atoms with Crippen LogP contribution in [-0.2, 0) is 9.53 Å². The number of halogens is 1. The number of ether oxygens (including phenoxy) is 1. The summed E-state index contributed by atoms with van der Waals surface area (Å²) in [5.41, 5.74) is 0.688. The van der Waals surface area contributed by atoms with Gasteiger partial charge in [-0.3, -0.25) is 4.79 Å². The quantitative estimate of drug-likeness (QED) is 0.910. The first-order chi connectivity index (χ1) is 8.65. The number of nitrogens with one attached hydrogen (secondary N) is 1. The minimum absolute atomic E-state index is 0.142. The van der Waals surface area contributed by atoms with Gasteiger partial charge in [0, 0.05) is 23.7 Å². The molecule has 5 nitrogen and oxygen atoms in total. The molecule has 0 aliphatic carbocycles. The van der Waals surface area contributed by atoms with E-state index in [1.807, 2.05) is 0 Å². The first-order valence-electron chi connectivity index (χ1n) is 5.62. The molecule has 18 heavy (non-hydrogen) atoms. The summed E-state index contributed by atoms with van der Waals surface area (Å²) in [6.45, 7) is 1.32. The number of anilines is 1. The molecule has 0 aromatic heterocycles. The molecule has 1 N–H and O–H groups in total. The molecule has 0 bridgehead atoms. The minimum Gasteiger partial charge on any atom is -0.448 e. The summed E-state index contributed by atoms with van der Waals surface area (Å²) >= 11 is 5.74. The predicted octanol–water partition coefficient (Wildman–Crippen LogP) is 2.12. The van der Waals surface area contributed by atoms with Crippen molar-refractivity contribution >= 4 is 29.3 Å². The Bertz CT molecular complexity index is 447. The van der Waals surface area contributed by atoms with Crippen LogP contribution in [0.4, 0.5) is 10.5 Å². The van der Waals surface area contributed by atoms with Crippen LogP contribution >= 0.6 is 11.6 Å². The maximum Gasteiger partial charge on any atom is 0.409 e. The van der Waals surface area contributed by atoms with Crippen LogP contribution in [0, 0.1) is 0 Å². The fourth-order valence-corrected chi connectivity index (χ4v) is 1.75. The predicted molar refractivity (Wildman–Crippen MR) is 67.6 cm³/mol. The van der Waals surface area contributed by atoms with Crippen molar-refractivity contribution < 1.29 is 14.3 Å². The molecule has 6 heteroatoms. The monoisotopic (exact) mass is 268 g/mol. The van der Waals surface area contributed by atoms with Crippen molar-refractivity contribution in [2.75, 3.05) is 25.0 Å². The molecule has 1 fully saturated rings. The van der Waals surface area contributed by atoms with Crippen molar-refractivity contribution in [2.24, 2.45) is 0 Å². The van der Waals surface area contributed by atoms with E-state index < -0.39 is 0 Å². The Morgan fingerprint density at radius 1 is 1.39 bits per heavy atom. The van der Waals surface area contributed by atoms with Crippen molar-refractivity contribution in [3.8, 4) is 0 Å². The van der Waals surface area contributed by atoms with Gasteiger partial charge in [0.1, 0.15) is 6.61 Å². The third-order valence-electron chi connectivity index (χ3n) is 2.58. The standard InChI is InChI=1S/C12H13ClN2O3/c13-9-1-3-10(4-2-9)14-11(16)5-6-15-7-8-18-12(15)17/h1-4H,5-8H2,(H,14,16). The van der Waals surface area contributed by atoms with Crippen LogP contribution in [0.1, 0.15) is 6.42 Å². The summed E-state index contributed by atoms with van der Waals surface area (Å²) in [5, 5.41) is 3.35. The number of hydrogen-bond acceptors (Lipinski definition) is 3. The van der Waals surface area contributed by atoms with E-state index in [2.05, 4.69) is 5.32 Å². The number of cyclic esters (lactones) is 1. The molecule has 1 heterocycles. The first-order valence-corrected chi connectivity index (χ1v) is 6.00. The average Bonchev–Trinajstić information content (AvgIpc) is 2.75. The number of benzene rings is 1. The second-order valence-corrected chi connectivity index (χ2v) is 4.34. The highest BCUT2D eigenvalue weighted by Crippen LogP contribution is 2.13. The number of amides is 2. The zero-order valence-corrected chi connectivity index (χ0v) is 10.4. The van der Waals surface area contributed by atoms with E-state index >= 15 is 0 Å². The molecule has 0 radical (unpaired) electrons. The average molecular weight is 269 g/mol. The lowest BCUT2D eigenvalue weighted by Crippen LogP contribution is -2.28. The topological polar surface area (TPSA) is 58.6 Å². The highest BCUT2D eigenvalue weighted by Gasteiger charge is 2.21. The van der Waals surface area contributed by atoms with Gasteiger partial charge in [-0.05, 0) is 24.3 Å². The number of carbonyl (C=O) groups is 2. The molecule has 1 saturated heterocycles. The number of rotatable bonds is 4. The van der Waals surface area contributed by atoms with Crippen LogP contribution in [0.2, 0.25) is 5.02 Å². The van der Waals surface area contributed by atoms with Crippen molar-refractivity contribution in [3.05, 3.63) is 29.3 Å². The van der Waals surface area contributed by atoms with Gasteiger partial charge < -0.3 is 15.0 Å². The Balaban J connectivity index is 1.78. The van der Waals surface area contributed by atoms with Crippen LogP contribution in [0.3, 0.4) is 0 Å². The molecule has 1 aliphatic rings. The SMILES string of the molecule is O=C(CCN1CCOC1=O)Nc1ccc(Cl)cc1. The maximum absolute atomic E-state index is 11.6. The normalized spacial score (nSPS) is 14.5. The Morgan fingerprint density at radius 2 is 2.11 bits per heavy atom. The molecule has 1 aliphatic heterocycles. The van der Waals surface area contributed by atoms with E-state index in [9.17, 15) is 9.59 Å². The van der Waals surface area contributed by atoms with E-state index in [0.29, 0.717) is 30.4 Å². The Labute approximate surface area is 110 Å². The van der Waals surface area contributed by atoms with Crippen molar-refractivity contribution in [1.82, 2.24) is 4.90 Å². The summed E-state index contributed by atoms with van der Waals surface area (Å²) in [5.74, 6) is -0.142. The third-order valence-corrected chi connectivity index (χ3v) is 2.83. The summed E-state index contributed by atoms with van der Waals surface area (Å²) in [7, 11) is 0. The molecule has 0 atom stereocenters. The lowest BCUT2D eigenvalue weighted by atomic mass is 10.3. The third kappa shape index (κ3) is 3.37. The molecule has 2 amide bonds. The number of carbonyl (C=O) groups excluding carboxylic acids is 2. The van der Waals surface area contributed by atoms with Crippen molar-refractivity contribution in [2.45, 2.75) is 6.42 Å². The van der Waals surface area contributed by atoms with Crippen LogP contribution < -0.4 is 5.32 Å². The molecular formula is C12H13ClN2O3. The highest BCUT2D eigenvalue weighted by atomic mass is 35.5. The summed E-state index contributed by atoms with van der Waals surface area (Å²) < 4.78 is 4.77. The van der Waals surface area contributed by atoms with Crippen LogP contribution in [0.15, 0.2) is 24.3 Å². The largest absolute Gasteiger partial charge is 0.448 e. The minimum atomic E-state index is -0.353. The van der Waals surface area contributed by atoms with Crippen molar-refractivity contribution in [3.63, 3.8) is 0 Å². The first kappa shape index (κ1) is 12.7. The lowest BCUT2D eigenvalue weighted by Gasteiger charge is -2.12. The second kappa shape index (κ2) is 5.73. The fourth-order valence-electron chi connectivity index (χ4n) is 1.62. The van der Waals surface area contributed by atoms with Crippen LogP contribution in [0.5, 0.6) is 0 Å². The van der Waals surface area contributed by atoms with E-state index in [1.165, 1.54) is 4.90 Å². The maximum atomic E-state index is 11.6. The lowest BCUT2D eigenvalue weighted by molar-refractivity contribution is -0.116. The fraction of sp³-hybridized carbons (Fsp3) is 0.333. The Morgan fingerprint density at radius 3 is 2.72 bits per heavy atom. The van der Waals surface area contributed by atoms with Gasteiger partial charge in [0.05, 0.1) is 6.54 Å². The van der Waals surface area contributed by atoms with Gasteiger partial charge in [0.25, 0.3) is 0 Å². The molecule has 96 valence electrons. The molecule has 1 aromatic carbocycles. The molecule has 2 rings (SSSR count). The van der Waals surface area contributed by atoms with Crippen LogP contribution in [0.25, 0.3) is 0 Å². The zero-order chi connectivity index (χ0) is 13.0. The van der Waals surface area contributed by atoms with Gasteiger partial charge in [-0.15, -0.1) is 0 Å². The van der Waals surface area contributed by atoms with Gasteiger partial charge in [-0.1, -0.05) is 11.6 Å². The second-order valence-electron chi connectivity index (χ2n) is 3.91. The number of nitrogens with zero attached hydrogens (tertiary/aromatic N) is 1. The van der Waals surface area contributed by atoms with Gasteiger partial charge in [0.15, 0.2) is 0 Å². The van der Waals surface area contributed by atoms with Crippen LogP contribution in [-0.4, -0.2) is 36.6 Å². The molecule has 0 saturated carbocycles. The summed E-state index contributed by atoms with van der Waals surface area (Å²) in [6, 6.07) is 6.86. The summed E-state index contributed by atoms with van der Waals surface area (Å²) in [4.78, 5) is 24.3. The van der Waals surface area contributed by atoms with E-state index in [1.54, 1.807) is 24.3 Å². The molecule has 0 unspecified atom stereocenters. The van der Waals surface area contributed by atoms with Gasteiger partial charge >= 0.3 is 6.09 Å². The Kier molecular flexibility index (Phi) is 4.04. The smallest absolute Gasteiger partial charge is 0.409 e. The molecular weight excluding hydrogens is 256 g/mol. The van der Waals surface area contributed by atoms with Gasteiger partial charge in [0.2, 0.25) is 5.91 Å². The van der Waals surface area contributed by atoms with E-state index in [0.717, 1.165) is 0 Å². The van der Waals surface area contributed by atoms with E-state index in [4.69, 9.17) is 16.3 Å².